The van der Waals surface area contributed by atoms with Crippen LogP contribution in [0.25, 0.3) is 0 Å². The van der Waals surface area contributed by atoms with Gasteiger partial charge in [0.05, 0.1) is 76.8 Å². The Morgan fingerprint density at radius 3 is 1.96 bits per heavy atom. The van der Waals surface area contributed by atoms with Gasteiger partial charge in [-0.05, 0) is 6.42 Å². The van der Waals surface area contributed by atoms with Crippen LogP contribution in [0.5, 0.6) is 0 Å². The highest BCUT2D eigenvalue weighted by molar-refractivity contribution is 7.85. The first-order chi connectivity index (χ1) is 13.4. The van der Waals surface area contributed by atoms with Crippen LogP contribution >= 0.6 is 0 Å². The highest BCUT2D eigenvalue weighted by Gasteiger charge is 2.32. The molecule has 0 aromatic rings. The lowest BCUT2D eigenvalue weighted by molar-refractivity contribution is -0.123. The molecular weight excluding hydrogens is 388 g/mol. The van der Waals surface area contributed by atoms with Gasteiger partial charge in [0.25, 0.3) is 10.1 Å². The number of hydrogen-bond donors (Lipinski definition) is 0. The SMILES string of the molecule is CC[C@@H]1CN2CCOC[C@H]2CO1.CS(=O)(=O)OC[C@H]1CN2CCOC[C@H]2CO1. The molecule has 4 rings (SSSR count). The highest BCUT2D eigenvalue weighted by Crippen LogP contribution is 2.17. The molecule has 4 aliphatic rings. The summed E-state index contributed by atoms with van der Waals surface area (Å²) in [6.45, 7) is 10.7. The van der Waals surface area contributed by atoms with Gasteiger partial charge in [-0.3, -0.25) is 14.0 Å². The number of nitrogens with zero attached hydrogens (tertiary/aromatic N) is 2. The fraction of sp³-hybridized carbons (Fsp3) is 1.00. The number of rotatable bonds is 4. The van der Waals surface area contributed by atoms with E-state index in [0.29, 0.717) is 37.9 Å². The summed E-state index contributed by atoms with van der Waals surface area (Å²) in [5.41, 5.74) is 0. The Labute approximate surface area is 168 Å². The van der Waals surface area contributed by atoms with E-state index < -0.39 is 10.1 Å². The van der Waals surface area contributed by atoms with Gasteiger partial charge < -0.3 is 18.9 Å². The summed E-state index contributed by atoms with van der Waals surface area (Å²) in [7, 11) is -3.38. The lowest BCUT2D eigenvalue weighted by Crippen LogP contribution is -2.56. The number of ether oxygens (including phenoxy) is 4. The van der Waals surface area contributed by atoms with Gasteiger partial charge in [0.1, 0.15) is 0 Å². The van der Waals surface area contributed by atoms with E-state index in [-0.39, 0.29) is 12.7 Å². The molecule has 0 amide bonds. The van der Waals surface area contributed by atoms with Crippen LogP contribution in [0.2, 0.25) is 0 Å². The van der Waals surface area contributed by atoms with Crippen molar-refractivity contribution in [3.63, 3.8) is 0 Å². The second-order valence-corrected chi connectivity index (χ2v) is 9.40. The van der Waals surface area contributed by atoms with Gasteiger partial charge in [0, 0.05) is 26.2 Å². The molecule has 0 aromatic carbocycles. The summed E-state index contributed by atoms with van der Waals surface area (Å²) in [5, 5.41) is 0. The fourth-order valence-corrected chi connectivity index (χ4v) is 4.24. The molecule has 164 valence electrons. The predicted molar refractivity (Wildman–Crippen MR) is 103 cm³/mol. The van der Waals surface area contributed by atoms with E-state index in [9.17, 15) is 8.42 Å². The van der Waals surface area contributed by atoms with Gasteiger partial charge in [0.2, 0.25) is 0 Å². The van der Waals surface area contributed by atoms with Crippen molar-refractivity contribution < 1.29 is 31.5 Å². The van der Waals surface area contributed by atoms with Gasteiger partial charge >= 0.3 is 0 Å². The van der Waals surface area contributed by atoms with Gasteiger partial charge in [0.15, 0.2) is 0 Å². The van der Waals surface area contributed by atoms with Crippen LogP contribution < -0.4 is 0 Å². The fourth-order valence-electron chi connectivity index (χ4n) is 3.84. The Morgan fingerprint density at radius 2 is 1.43 bits per heavy atom. The predicted octanol–water partition coefficient (Wildman–Crippen LogP) is -0.442. The first kappa shape index (κ1) is 22.4. The van der Waals surface area contributed by atoms with E-state index in [4.69, 9.17) is 23.1 Å². The molecule has 10 heteroatoms. The van der Waals surface area contributed by atoms with Crippen molar-refractivity contribution in [2.45, 2.75) is 37.6 Å². The molecule has 4 saturated heterocycles. The van der Waals surface area contributed by atoms with Crippen molar-refractivity contribution in [3.8, 4) is 0 Å². The van der Waals surface area contributed by atoms with E-state index in [0.717, 1.165) is 58.7 Å². The molecule has 4 fully saturated rings. The number of hydrogen-bond acceptors (Lipinski definition) is 9. The van der Waals surface area contributed by atoms with Crippen molar-refractivity contribution >= 4 is 10.1 Å². The van der Waals surface area contributed by atoms with Crippen LogP contribution in [0.15, 0.2) is 0 Å². The zero-order valence-corrected chi connectivity index (χ0v) is 17.8. The van der Waals surface area contributed by atoms with E-state index in [1.807, 2.05) is 0 Å². The Hall–Kier alpha value is -0.330. The third-order valence-electron chi connectivity index (χ3n) is 5.55. The molecule has 0 saturated carbocycles. The monoisotopic (exact) mass is 422 g/mol. The lowest BCUT2D eigenvalue weighted by Gasteiger charge is -2.41. The molecular formula is C18H34N2O7S. The van der Waals surface area contributed by atoms with Crippen LogP contribution in [0.4, 0.5) is 0 Å². The third-order valence-corrected chi connectivity index (χ3v) is 6.11. The van der Waals surface area contributed by atoms with E-state index >= 15 is 0 Å². The summed E-state index contributed by atoms with van der Waals surface area (Å²) in [6, 6.07) is 0.838. The van der Waals surface area contributed by atoms with Crippen molar-refractivity contribution in [2.24, 2.45) is 0 Å². The minimum absolute atomic E-state index is 0.100. The smallest absolute Gasteiger partial charge is 0.264 e. The Bertz CT molecular complexity index is 576. The largest absolute Gasteiger partial charge is 0.378 e. The number of morpholine rings is 4. The molecule has 0 bridgehead atoms. The van der Waals surface area contributed by atoms with Crippen molar-refractivity contribution in [3.05, 3.63) is 0 Å². The van der Waals surface area contributed by atoms with Crippen molar-refractivity contribution in [1.29, 1.82) is 0 Å². The molecule has 28 heavy (non-hydrogen) atoms. The highest BCUT2D eigenvalue weighted by atomic mass is 32.2. The molecule has 0 spiro atoms. The molecule has 0 N–H and O–H groups in total. The van der Waals surface area contributed by atoms with Crippen LogP contribution in [0.3, 0.4) is 0 Å². The maximum Gasteiger partial charge on any atom is 0.264 e. The first-order valence-corrected chi connectivity index (χ1v) is 12.0. The van der Waals surface area contributed by atoms with Gasteiger partial charge in [-0.25, -0.2) is 0 Å². The van der Waals surface area contributed by atoms with E-state index in [1.54, 1.807) is 0 Å². The van der Waals surface area contributed by atoms with E-state index in [1.165, 1.54) is 0 Å². The van der Waals surface area contributed by atoms with Gasteiger partial charge in [-0.1, -0.05) is 6.92 Å². The summed E-state index contributed by atoms with van der Waals surface area (Å²) < 4.78 is 48.4. The van der Waals surface area contributed by atoms with E-state index in [2.05, 4.69) is 16.7 Å². The molecule has 4 heterocycles. The minimum atomic E-state index is -3.38. The zero-order valence-electron chi connectivity index (χ0n) is 17.0. The molecule has 0 unspecified atom stereocenters. The Morgan fingerprint density at radius 1 is 0.893 bits per heavy atom. The maximum atomic E-state index is 10.8. The second-order valence-electron chi connectivity index (χ2n) is 7.75. The molecule has 4 aliphatic heterocycles. The summed E-state index contributed by atoms with van der Waals surface area (Å²) in [5.74, 6) is 0. The van der Waals surface area contributed by atoms with Crippen molar-refractivity contribution in [1.82, 2.24) is 9.80 Å². The molecule has 9 nitrogen and oxygen atoms in total. The summed E-state index contributed by atoms with van der Waals surface area (Å²) in [6.07, 6.45) is 2.47. The summed E-state index contributed by atoms with van der Waals surface area (Å²) in [4.78, 5) is 4.77. The molecule has 4 atom stereocenters. The maximum absolute atomic E-state index is 10.8. The van der Waals surface area contributed by atoms with Crippen molar-refractivity contribution in [2.75, 3.05) is 78.7 Å². The average Bonchev–Trinajstić information content (AvgIpc) is 2.71. The molecule has 0 aromatic heterocycles. The summed E-state index contributed by atoms with van der Waals surface area (Å²) >= 11 is 0. The van der Waals surface area contributed by atoms with Crippen LogP contribution in [0, 0.1) is 0 Å². The van der Waals surface area contributed by atoms with Gasteiger partial charge in [-0.2, -0.15) is 8.42 Å². The Kier molecular flexibility index (Phi) is 8.48. The quantitative estimate of drug-likeness (QED) is 0.560. The second kappa shape index (κ2) is 10.6. The molecule has 0 radical (unpaired) electrons. The normalized spacial score (nSPS) is 34.6. The Balaban J connectivity index is 0.000000167. The van der Waals surface area contributed by atoms with Gasteiger partial charge in [-0.15, -0.1) is 0 Å². The van der Waals surface area contributed by atoms with Crippen LogP contribution in [-0.2, 0) is 33.2 Å². The zero-order chi connectivity index (χ0) is 20.0. The first-order valence-electron chi connectivity index (χ1n) is 10.2. The third kappa shape index (κ3) is 6.88. The van der Waals surface area contributed by atoms with Crippen LogP contribution in [-0.4, -0.2) is 121 Å². The standard InChI is InChI=1S/C9H17NO5S.C9H17NO2/c1-16(11,12)15-7-9-4-10-2-3-13-5-8(10)6-14-9;1-2-9-5-10-3-4-11-6-8(10)7-12-9/h8-9H,2-7H2,1H3;8-9H,2-7H2,1H3/t2*8-,9+/m00/s1. The topological polar surface area (TPSA) is 86.8 Å². The molecule has 0 aliphatic carbocycles. The lowest BCUT2D eigenvalue weighted by atomic mass is 10.1. The average molecular weight is 423 g/mol. The number of fused-ring (bicyclic) bond motifs is 2. The minimum Gasteiger partial charge on any atom is -0.378 e. The van der Waals surface area contributed by atoms with Crippen LogP contribution in [0.1, 0.15) is 13.3 Å².